The van der Waals surface area contributed by atoms with Crippen LogP contribution in [0.3, 0.4) is 0 Å². The lowest BCUT2D eigenvalue weighted by molar-refractivity contribution is 0.149. The molecule has 1 unspecified atom stereocenters. The molecule has 0 fully saturated rings. The van der Waals surface area contributed by atoms with Gasteiger partial charge in [0.1, 0.15) is 0 Å². The molecule has 0 aromatic carbocycles. The van der Waals surface area contributed by atoms with E-state index in [1.54, 1.807) is 11.8 Å². The molecule has 1 heterocycles. The van der Waals surface area contributed by atoms with Crippen molar-refractivity contribution in [3.8, 4) is 0 Å². The first kappa shape index (κ1) is 14.5. The molecule has 3 heteroatoms. The summed E-state index contributed by atoms with van der Waals surface area (Å²) in [6, 6.07) is 2.19. The molecule has 17 heavy (non-hydrogen) atoms. The molecular weight excluding hydrogens is 230 g/mol. The van der Waals surface area contributed by atoms with Crippen LogP contribution in [0.15, 0.2) is 23.4 Å². The van der Waals surface area contributed by atoms with E-state index in [-0.39, 0.29) is 6.10 Å². The second-order valence-corrected chi connectivity index (χ2v) is 6.34. The maximum Gasteiger partial charge on any atom is 0.0656 e. The van der Waals surface area contributed by atoms with Crippen LogP contribution in [-0.2, 0) is 6.42 Å². The van der Waals surface area contributed by atoms with E-state index in [0.29, 0.717) is 11.8 Å². The first-order chi connectivity index (χ1) is 7.99. The fourth-order valence-electron chi connectivity index (χ4n) is 1.50. The Bertz CT molecular complexity index is 339. The Morgan fingerprint density at radius 1 is 1.24 bits per heavy atom. The molecule has 96 valence electrons. The average molecular weight is 253 g/mol. The van der Waals surface area contributed by atoms with E-state index in [0.717, 1.165) is 17.1 Å². The van der Waals surface area contributed by atoms with E-state index in [1.807, 2.05) is 26.2 Å². The quantitative estimate of drug-likeness (QED) is 0.789. The second-order valence-electron chi connectivity index (χ2n) is 5.25. The summed E-state index contributed by atoms with van der Waals surface area (Å²) in [7, 11) is 0. The van der Waals surface area contributed by atoms with Crippen LogP contribution < -0.4 is 0 Å². The van der Waals surface area contributed by atoms with Gasteiger partial charge in [-0.15, -0.1) is 11.8 Å². The van der Waals surface area contributed by atoms with Crippen molar-refractivity contribution in [2.24, 2.45) is 11.8 Å². The highest BCUT2D eigenvalue weighted by Crippen LogP contribution is 2.21. The largest absolute Gasteiger partial charge is 0.392 e. The van der Waals surface area contributed by atoms with Gasteiger partial charge in [-0.05, 0) is 29.9 Å². The van der Waals surface area contributed by atoms with Crippen LogP contribution in [0.25, 0.3) is 0 Å². The maximum atomic E-state index is 9.76. The summed E-state index contributed by atoms with van der Waals surface area (Å²) in [6.07, 6.45) is 4.63. The second kappa shape index (κ2) is 7.02. The van der Waals surface area contributed by atoms with Gasteiger partial charge in [0.25, 0.3) is 0 Å². The predicted molar refractivity (Wildman–Crippen MR) is 74.3 cm³/mol. The van der Waals surface area contributed by atoms with Gasteiger partial charge >= 0.3 is 0 Å². The van der Waals surface area contributed by atoms with Crippen molar-refractivity contribution in [2.75, 3.05) is 5.75 Å². The third-order valence-electron chi connectivity index (χ3n) is 2.60. The zero-order chi connectivity index (χ0) is 12.8. The van der Waals surface area contributed by atoms with Gasteiger partial charge in [-0.1, -0.05) is 27.7 Å². The molecule has 0 aliphatic heterocycles. The molecule has 1 N–H and O–H groups in total. The summed E-state index contributed by atoms with van der Waals surface area (Å²) in [6.45, 7) is 8.50. The van der Waals surface area contributed by atoms with Gasteiger partial charge in [0.15, 0.2) is 0 Å². The third kappa shape index (κ3) is 5.55. The van der Waals surface area contributed by atoms with Crippen molar-refractivity contribution >= 4 is 11.8 Å². The van der Waals surface area contributed by atoms with Crippen molar-refractivity contribution in [3.05, 3.63) is 24.0 Å². The van der Waals surface area contributed by atoms with Crippen LogP contribution in [0.1, 0.15) is 33.3 Å². The fourth-order valence-corrected chi connectivity index (χ4v) is 2.62. The third-order valence-corrected chi connectivity index (χ3v) is 3.67. The Hall–Kier alpha value is -0.540. The fraction of sp³-hybridized carbons (Fsp3) is 0.643. The number of hydrogen-bond acceptors (Lipinski definition) is 3. The molecule has 0 amide bonds. The van der Waals surface area contributed by atoms with Crippen molar-refractivity contribution in [1.29, 1.82) is 0 Å². The molecule has 0 spiro atoms. The lowest BCUT2D eigenvalue weighted by atomic mass is 10.1. The summed E-state index contributed by atoms with van der Waals surface area (Å²) in [5.74, 6) is 1.71. The van der Waals surface area contributed by atoms with E-state index >= 15 is 0 Å². The summed E-state index contributed by atoms with van der Waals surface area (Å²) < 4.78 is 0. The van der Waals surface area contributed by atoms with Crippen LogP contribution >= 0.6 is 11.8 Å². The number of rotatable bonds is 6. The summed E-state index contributed by atoms with van der Waals surface area (Å²) in [5.41, 5.74) is 1.28. The van der Waals surface area contributed by atoms with Crippen molar-refractivity contribution < 1.29 is 5.11 Å². The molecule has 1 atom stereocenters. The first-order valence-electron chi connectivity index (χ1n) is 6.23. The number of thioether (sulfide) groups is 1. The van der Waals surface area contributed by atoms with Gasteiger partial charge in [-0.3, -0.25) is 4.98 Å². The minimum atomic E-state index is -0.242. The van der Waals surface area contributed by atoms with Crippen LogP contribution in [0.5, 0.6) is 0 Å². The Kier molecular flexibility index (Phi) is 6.00. The average Bonchev–Trinajstić information content (AvgIpc) is 2.25. The Morgan fingerprint density at radius 3 is 2.53 bits per heavy atom. The number of pyridine rings is 1. The van der Waals surface area contributed by atoms with Gasteiger partial charge in [0, 0.05) is 23.0 Å². The number of nitrogens with zero attached hydrogens (tertiary/aromatic N) is 1. The molecular formula is C14H23NOS. The molecule has 0 bridgehead atoms. The highest BCUT2D eigenvalue weighted by atomic mass is 32.2. The lowest BCUT2D eigenvalue weighted by Crippen LogP contribution is -2.17. The van der Waals surface area contributed by atoms with Crippen LogP contribution in [0, 0.1) is 11.8 Å². The maximum absolute atomic E-state index is 9.76. The first-order valence-corrected chi connectivity index (χ1v) is 7.22. The Balaban J connectivity index is 2.54. The molecule has 0 saturated carbocycles. The van der Waals surface area contributed by atoms with Gasteiger partial charge in [-0.25, -0.2) is 0 Å². The highest BCUT2D eigenvalue weighted by Gasteiger charge is 2.09. The number of aliphatic hydroxyl groups is 1. The summed E-state index contributed by atoms with van der Waals surface area (Å²) in [5, 5.41) is 9.76. The van der Waals surface area contributed by atoms with Gasteiger partial charge in [-0.2, -0.15) is 0 Å². The summed E-state index contributed by atoms with van der Waals surface area (Å²) >= 11 is 1.69. The normalized spacial score (nSPS) is 13.4. The smallest absolute Gasteiger partial charge is 0.0656 e. The standard InChI is InChI=1S/C14H23NOS/c1-10(2)5-12-6-13(8-15-7-12)17-9-14(16)11(3)4/h6-8,10-11,14,16H,5,9H2,1-4H3. The predicted octanol–water partition coefficient (Wildman–Crippen LogP) is 3.39. The minimum Gasteiger partial charge on any atom is -0.392 e. The molecule has 0 aliphatic rings. The molecule has 0 aliphatic carbocycles. The van der Waals surface area contributed by atoms with Crippen LogP contribution in [0.4, 0.5) is 0 Å². The van der Waals surface area contributed by atoms with Gasteiger partial charge < -0.3 is 5.11 Å². The highest BCUT2D eigenvalue weighted by molar-refractivity contribution is 7.99. The number of hydrogen-bond donors (Lipinski definition) is 1. The van der Waals surface area contributed by atoms with Crippen LogP contribution in [0.2, 0.25) is 0 Å². The zero-order valence-corrected chi connectivity index (χ0v) is 12.0. The van der Waals surface area contributed by atoms with E-state index in [4.69, 9.17) is 0 Å². The van der Waals surface area contributed by atoms with E-state index in [9.17, 15) is 5.11 Å². The monoisotopic (exact) mass is 253 g/mol. The van der Waals surface area contributed by atoms with Crippen LogP contribution in [-0.4, -0.2) is 21.9 Å². The van der Waals surface area contributed by atoms with E-state index in [2.05, 4.69) is 24.9 Å². The Labute approximate surface area is 109 Å². The Morgan fingerprint density at radius 2 is 1.94 bits per heavy atom. The van der Waals surface area contributed by atoms with E-state index < -0.39 is 0 Å². The molecule has 1 aromatic heterocycles. The van der Waals surface area contributed by atoms with Crippen molar-refractivity contribution in [1.82, 2.24) is 4.98 Å². The van der Waals surface area contributed by atoms with Gasteiger partial charge in [0.05, 0.1) is 6.10 Å². The number of aliphatic hydroxyl groups excluding tert-OH is 1. The number of aromatic nitrogens is 1. The van der Waals surface area contributed by atoms with E-state index in [1.165, 1.54) is 5.56 Å². The van der Waals surface area contributed by atoms with Gasteiger partial charge in [0.2, 0.25) is 0 Å². The van der Waals surface area contributed by atoms with Crippen molar-refractivity contribution in [2.45, 2.75) is 45.1 Å². The molecule has 1 aromatic rings. The zero-order valence-electron chi connectivity index (χ0n) is 11.2. The molecule has 1 rings (SSSR count). The van der Waals surface area contributed by atoms with Crippen molar-refractivity contribution in [3.63, 3.8) is 0 Å². The lowest BCUT2D eigenvalue weighted by Gasteiger charge is -2.13. The topological polar surface area (TPSA) is 33.1 Å². The summed E-state index contributed by atoms with van der Waals surface area (Å²) in [4.78, 5) is 5.41. The molecule has 0 radical (unpaired) electrons. The molecule has 2 nitrogen and oxygen atoms in total. The minimum absolute atomic E-state index is 0.242. The molecule has 0 saturated heterocycles. The SMILES string of the molecule is CC(C)Cc1cncc(SCC(O)C(C)C)c1.